The fraction of sp³-hybridized carbons (Fsp3) is 0.172. The molecule has 40 heavy (non-hydrogen) atoms. The zero-order chi connectivity index (χ0) is 28.6. The molecule has 0 aliphatic heterocycles. The van der Waals surface area contributed by atoms with Crippen molar-refractivity contribution in [3.8, 4) is 11.4 Å². The Labute approximate surface area is 232 Å². The van der Waals surface area contributed by atoms with E-state index in [2.05, 4.69) is 20.3 Å². The number of rotatable bonds is 7. The lowest BCUT2D eigenvalue weighted by Gasteiger charge is -2.18. The van der Waals surface area contributed by atoms with Crippen molar-refractivity contribution >= 4 is 34.6 Å². The molecular weight excluding hydrogens is 543 g/mol. The summed E-state index contributed by atoms with van der Waals surface area (Å²) < 4.78 is 41.3. The molecule has 0 spiro atoms. The second kappa shape index (κ2) is 10.6. The number of nitrogens with zero attached hydrogens (tertiary/aromatic N) is 4. The smallest absolute Gasteiger partial charge is 0.416 e. The van der Waals surface area contributed by atoms with Gasteiger partial charge in [-0.3, -0.25) is 0 Å². The first-order valence-electron chi connectivity index (χ1n) is 12.3. The standard InChI is InChI=1S/C29H23ClF3N5O2/c1-16-4-3-5-20(14-16)27-37-25-23(38(27)15-18-6-10-21(11-7-18)29(31,32)33)24(35-26(36-25)28(39)40)34-17(2)19-8-12-22(30)13-9-19/h3-14,17H,15H2,1-2H3,(H,39,40)(H,34,35,36). The van der Waals surface area contributed by atoms with Gasteiger partial charge in [-0.2, -0.15) is 13.2 Å². The quantitative estimate of drug-likeness (QED) is 0.214. The molecule has 1 atom stereocenters. The summed E-state index contributed by atoms with van der Waals surface area (Å²) in [7, 11) is 0. The third kappa shape index (κ3) is 5.62. The number of imidazole rings is 1. The number of nitrogens with one attached hydrogen (secondary N) is 1. The molecule has 0 amide bonds. The maximum atomic E-state index is 13.2. The van der Waals surface area contributed by atoms with Crippen LogP contribution in [0, 0.1) is 6.92 Å². The third-order valence-electron chi connectivity index (χ3n) is 6.42. The Bertz CT molecular complexity index is 1700. The van der Waals surface area contributed by atoms with Crippen LogP contribution in [0.1, 0.15) is 45.8 Å². The van der Waals surface area contributed by atoms with E-state index in [1.807, 2.05) is 50.2 Å². The van der Waals surface area contributed by atoms with Gasteiger partial charge in [0.15, 0.2) is 11.5 Å². The first-order chi connectivity index (χ1) is 19.0. The number of aromatic carboxylic acids is 1. The summed E-state index contributed by atoms with van der Waals surface area (Å²) in [4.78, 5) is 25.1. The van der Waals surface area contributed by atoms with E-state index < -0.39 is 23.5 Å². The molecule has 0 fully saturated rings. The minimum atomic E-state index is -4.46. The number of carbonyl (C=O) groups is 1. The molecule has 5 rings (SSSR count). The molecule has 1 unspecified atom stereocenters. The number of hydrogen-bond acceptors (Lipinski definition) is 5. The zero-order valence-electron chi connectivity index (χ0n) is 21.4. The summed E-state index contributed by atoms with van der Waals surface area (Å²) in [5.74, 6) is -1.06. The largest absolute Gasteiger partial charge is 0.475 e. The Morgan fingerprint density at radius 3 is 2.35 bits per heavy atom. The average molecular weight is 566 g/mol. The first-order valence-corrected chi connectivity index (χ1v) is 12.6. The van der Waals surface area contributed by atoms with Crippen molar-refractivity contribution in [3.63, 3.8) is 0 Å². The molecule has 0 radical (unpaired) electrons. The van der Waals surface area contributed by atoms with Crippen LogP contribution in [-0.2, 0) is 12.7 Å². The molecule has 2 heterocycles. The fourth-order valence-electron chi connectivity index (χ4n) is 4.41. The normalized spacial score (nSPS) is 12.4. The highest BCUT2D eigenvalue weighted by molar-refractivity contribution is 6.30. The number of aryl methyl sites for hydroxylation is 1. The first kappa shape index (κ1) is 27.1. The summed E-state index contributed by atoms with van der Waals surface area (Å²) >= 11 is 6.03. The Morgan fingerprint density at radius 2 is 1.73 bits per heavy atom. The highest BCUT2D eigenvalue weighted by atomic mass is 35.5. The number of aromatic nitrogens is 4. The van der Waals surface area contributed by atoms with Gasteiger partial charge in [0.05, 0.1) is 11.6 Å². The van der Waals surface area contributed by atoms with Gasteiger partial charge in [-0.25, -0.2) is 19.7 Å². The molecule has 0 saturated carbocycles. The Hall–Kier alpha value is -4.44. The van der Waals surface area contributed by atoms with E-state index in [0.717, 1.165) is 28.8 Å². The van der Waals surface area contributed by atoms with Gasteiger partial charge >= 0.3 is 12.1 Å². The second-order valence-corrected chi connectivity index (χ2v) is 9.81. The maximum absolute atomic E-state index is 13.2. The van der Waals surface area contributed by atoms with Crippen molar-refractivity contribution in [3.05, 3.63) is 106 Å². The number of alkyl halides is 3. The number of hydrogen-bond donors (Lipinski definition) is 2. The van der Waals surface area contributed by atoms with E-state index in [9.17, 15) is 23.1 Å². The van der Waals surface area contributed by atoms with E-state index in [-0.39, 0.29) is 24.1 Å². The number of fused-ring (bicyclic) bond motifs is 1. The summed E-state index contributed by atoms with van der Waals surface area (Å²) in [5, 5.41) is 13.6. The molecule has 0 saturated heterocycles. The van der Waals surface area contributed by atoms with Crippen LogP contribution >= 0.6 is 11.6 Å². The summed E-state index contributed by atoms with van der Waals surface area (Å²) in [6.07, 6.45) is -4.46. The van der Waals surface area contributed by atoms with Crippen molar-refractivity contribution < 1.29 is 23.1 Å². The molecule has 7 nitrogen and oxygen atoms in total. The maximum Gasteiger partial charge on any atom is 0.416 e. The second-order valence-electron chi connectivity index (χ2n) is 9.38. The molecule has 0 aliphatic rings. The van der Waals surface area contributed by atoms with Gasteiger partial charge in [0.1, 0.15) is 11.3 Å². The molecule has 2 N–H and O–H groups in total. The molecule has 2 aromatic heterocycles. The van der Waals surface area contributed by atoms with Gasteiger partial charge in [0.25, 0.3) is 0 Å². The van der Waals surface area contributed by atoms with Gasteiger partial charge < -0.3 is 15.0 Å². The average Bonchev–Trinajstić information content (AvgIpc) is 3.27. The lowest BCUT2D eigenvalue weighted by molar-refractivity contribution is -0.137. The zero-order valence-corrected chi connectivity index (χ0v) is 22.1. The van der Waals surface area contributed by atoms with Crippen LogP contribution < -0.4 is 5.32 Å². The van der Waals surface area contributed by atoms with Crippen molar-refractivity contribution in [2.24, 2.45) is 0 Å². The number of halogens is 4. The third-order valence-corrected chi connectivity index (χ3v) is 6.67. The van der Waals surface area contributed by atoms with Crippen LogP contribution in [0.25, 0.3) is 22.6 Å². The van der Waals surface area contributed by atoms with Crippen LogP contribution in [0.4, 0.5) is 19.0 Å². The van der Waals surface area contributed by atoms with Gasteiger partial charge in [0, 0.05) is 17.1 Å². The highest BCUT2D eigenvalue weighted by Crippen LogP contribution is 2.33. The Balaban J connectivity index is 1.69. The Kier molecular flexibility index (Phi) is 7.20. The molecule has 204 valence electrons. The molecular formula is C29H23ClF3N5O2. The van der Waals surface area contributed by atoms with E-state index >= 15 is 0 Å². The summed E-state index contributed by atoms with van der Waals surface area (Å²) in [5.41, 5.74) is 2.97. The molecule has 0 bridgehead atoms. The number of carboxylic acids is 1. The van der Waals surface area contributed by atoms with Crippen molar-refractivity contribution in [1.82, 2.24) is 19.5 Å². The number of anilines is 1. The van der Waals surface area contributed by atoms with Crippen LogP contribution in [0.5, 0.6) is 0 Å². The van der Waals surface area contributed by atoms with Gasteiger partial charge in [-0.05, 0) is 55.3 Å². The lowest BCUT2D eigenvalue weighted by Crippen LogP contribution is -2.14. The van der Waals surface area contributed by atoms with Crippen LogP contribution in [0.2, 0.25) is 5.02 Å². The highest BCUT2D eigenvalue weighted by Gasteiger charge is 2.30. The van der Waals surface area contributed by atoms with Crippen LogP contribution in [0.3, 0.4) is 0 Å². The van der Waals surface area contributed by atoms with Crippen molar-refractivity contribution in [2.45, 2.75) is 32.6 Å². The predicted octanol–water partition coefficient (Wildman–Crippen LogP) is 7.39. The van der Waals surface area contributed by atoms with E-state index in [1.165, 1.54) is 12.1 Å². The topological polar surface area (TPSA) is 92.9 Å². The minimum absolute atomic E-state index is 0.137. The van der Waals surface area contributed by atoms with Crippen LogP contribution in [0.15, 0.2) is 72.8 Å². The van der Waals surface area contributed by atoms with Crippen molar-refractivity contribution in [1.29, 1.82) is 0 Å². The van der Waals surface area contributed by atoms with E-state index in [1.54, 1.807) is 16.7 Å². The number of carboxylic acid groups (broad SMARTS) is 1. The van der Waals surface area contributed by atoms with Crippen LogP contribution in [-0.4, -0.2) is 30.6 Å². The molecule has 0 aliphatic carbocycles. The summed E-state index contributed by atoms with van der Waals surface area (Å²) in [6, 6.07) is 19.3. The Morgan fingerprint density at radius 1 is 1.02 bits per heavy atom. The molecule has 3 aromatic carbocycles. The minimum Gasteiger partial charge on any atom is -0.475 e. The van der Waals surface area contributed by atoms with Gasteiger partial charge in [-0.15, -0.1) is 0 Å². The van der Waals surface area contributed by atoms with Gasteiger partial charge in [-0.1, -0.05) is 59.6 Å². The number of benzene rings is 3. The monoisotopic (exact) mass is 565 g/mol. The SMILES string of the molecule is Cc1cccc(-c2nc3nc(C(=O)O)nc(NC(C)c4ccc(Cl)cc4)c3n2Cc2ccc(C(F)(F)F)cc2)c1. The van der Waals surface area contributed by atoms with Gasteiger partial charge in [0.2, 0.25) is 5.82 Å². The predicted molar refractivity (Wildman–Crippen MR) is 146 cm³/mol. The lowest BCUT2D eigenvalue weighted by atomic mass is 10.1. The van der Waals surface area contributed by atoms with Crippen molar-refractivity contribution in [2.75, 3.05) is 5.32 Å². The van der Waals surface area contributed by atoms with E-state index in [0.29, 0.717) is 21.9 Å². The molecule has 5 aromatic rings. The fourth-order valence-corrected chi connectivity index (χ4v) is 4.54. The molecule has 11 heteroatoms. The summed E-state index contributed by atoms with van der Waals surface area (Å²) in [6.45, 7) is 3.95. The van der Waals surface area contributed by atoms with E-state index in [4.69, 9.17) is 11.6 Å².